The summed E-state index contributed by atoms with van der Waals surface area (Å²) in [7, 11) is 2.89. The van der Waals surface area contributed by atoms with E-state index in [1.807, 2.05) is 0 Å². The van der Waals surface area contributed by atoms with Gasteiger partial charge in [0.1, 0.15) is 5.82 Å². The number of rotatable bonds is 9. The molecule has 0 aliphatic heterocycles. The molecule has 0 radical (unpaired) electrons. The summed E-state index contributed by atoms with van der Waals surface area (Å²) < 4.78 is 41.8. The number of methoxy groups -OCH3 is 2. The van der Waals surface area contributed by atoms with Gasteiger partial charge in [0, 0.05) is 6.07 Å². The first kappa shape index (κ1) is 20.9. The van der Waals surface area contributed by atoms with Crippen molar-refractivity contribution in [2.75, 3.05) is 20.8 Å². The number of benzene rings is 2. The zero-order valence-electron chi connectivity index (χ0n) is 15.2. The average Bonchev–Trinajstić information content (AvgIpc) is 2.65. The van der Waals surface area contributed by atoms with Crippen molar-refractivity contribution in [1.29, 1.82) is 0 Å². The van der Waals surface area contributed by atoms with E-state index < -0.39 is 42.6 Å². The van der Waals surface area contributed by atoms with Crippen LogP contribution in [-0.4, -0.2) is 37.8 Å². The first-order chi connectivity index (χ1) is 13.3. The Labute approximate surface area is 159 Å². The third kappa shape index (κ3) is 5.57. The minimum absolute atomic E-state index is 0.294. The van der Waals surface area contributed by atoms with Crippen LogP contribution in [-0.2, 0) is 9.59 Å². The summed E-state index contributed by atoms with van der Waals surface area (Å²) in [5, 5.41) is 11.6. The monoisotopic (exact) mass is 395 g/mol. The second-order valence-electron chi connectivity index (χ2n) is 5.70. The molecule has 2 N–H and O–H groups in total. The minimum atomic E-state index is -1.13. The molecule has 1 atom stereocenters. The zero-order valence-corrected chi connectivity index (χ0v) is 15.2. The van der Waals surface area contributed by atoms with E-state index in [9.17, 15) is 18.4 Å². The summed E-state index contributed by atoms with van der Waals surface area (Å²) in [6.45, 7) is -0.577. The van der Waals surface area contributed by atoms with Crippen LogP contribution in [0.5, 0.6) is 17.2 Å². The zero-order chi connectivity index (χ0) is 20.7. The van der Waals surface area contributed by atoms with Gasteiger partial charge in [0.05, 0.1) is 26.7 Å². The molecule has 2 rings (SSSR count). The molecule has 1 unspecified atom stereocenters. The van der Waals surface area contributed by atoms with E-state index in [-0.39, 0.29) is 5.75 Å². The number of carbonyl (C=O) groups excluding carboxylic acids is 1. The normalized spacial score (nSPS) is 11.4. The molecule has 2 aromatic rings. The van der Waals surface area contributed by atoms with E-state index in [2.05, 4.69) is 5.32 Å². The van der Waals surface area contributed by atoms with Crippen molar-refractivity contribution in [1.82, 2.24) is 5.32 Å². The summed E-state index contributed by atoms with van der Waals surface area (Å²) >= 11 is 0. The maximum Gasteiger partial charge on any atom is 0.305 e. The SMILES string of the molecule is COc1ccc(C(CC(=O)O)NC(=O)COc2ccc(F)cc2F)cc1OC. The van der Waals surface area contributed by atoms with Gasteiger partial charge in [-0.25, -0.2) is 8.78 Å². The maximum atomic E-state index is 13.6. The molecule has 150 valence electrons. The molecule has 0 saturated heterocycles. The highest BCUT2D eigenvalue weighted by Crippen LogP contribution is 2.31. The molecule has 7 nitrogen and oxygen atoms in total. The smallest absolute Gasteiger partial charge is 0.305 e. The fourth-order valence-corrected chi connectivity index (χ4v) is 2.47. The molecule has 0 aliphatic carbocycles. The van der Waals surface area contributed by atoms with Crippen LogP contribution in [0.2, 0.25) is 0 Å². The van der Waals surface area contributed by atoms with Crippen LogP contribution in [0.25, 0.3) is 0 Å². The third-order valence-electron chi connectivity index (χ3n) is 3.78. The van der Waals surface area contributed by atoms with Crippen LogP contribution in [0.15, 0.2) is 36.4 Å². The molecule has 9 heteroatoms. The average molecular weight is 395 g/mol. The second kappa shape index (κ2) is 9.54. The van der Waals surface area contributed by atoms with E-state index in [0.717, 1.165) is 12.1 Å². The molecule has 0 aromatic heterocycles. The minimum Gasteiger partial charge on any atom is -0.493 e. The summed E-state index contributed by atoms with van der Waals surface area (Å²) in [6.07, 6.45) is -0.397. The number of nitrogens with one attached hydrogen (secondary N) is 1. The van der Waals surface area contributed by atoms with Crippen LogP contribution < -0.4 is 19.5 Å². The van der Waals surface area contributed by atoms with Gasteiger partial charge in [-0.15, -0.1) is 0 Å². The van der Waals surface area contributed by atoms with Gasteiger partial charge in [0.25, 0.3) is 5.91 Å². The molecular formula is C19H19F2NO6. The summed E-state index contributed by atoms with van der Waals surface area (Å²) in [4.78, 5) is 23.3. The van der Waals surface area contributed by atoms with E-state index in [4.69, 9.17) is 19.3 Å². The molecule has 0 heterocycles. The summed E-state index contributed by atoms with van der Waals surface area (Å²) in [5.74, 6) is -3.01. The Morgan fingerprint density at radius 2 is 1.71 bits per heavy atom. The standard InChI is InChI=1S/C19H19F2NO6/c1-26-16-5-3-11(7-17(16)27-2)14(9-19(24)25)22-18(23)10-28-15-6-4-12(20)8-13(15)21/h3-8,14H,9-10H2,1-2H3,(H,22,23)(H,24,25). The predicted molar refractivity (Wildman–Crippen MR) is 94.5 cm³/mol. The van der Waals surface area contributed by atoms with E-state index in [1.165, 1.54) is 14.2 Å². The van der Waals surface area contributed by atoms with Crippen LogP contribution in [0.4, 0.5) is 8.78 Å². The lowest BCUT2D eigenvalue weighted by atomic mass is 10.0. The van der Waals surface area contributed by atoms with Crippen molar-refractivity contribution < 1.29 is 37.7 Å². The Balaban J connectivity index is 2.10. The number of carboxylic acid groups (broad SMARTS) is 1. The molecule has 0 aliphatic rings. The fourth-order valence-electron chi connectivity index (χ4n) is 2.47. The number of hydrogen-bond donors (Lipinski definition) is 2. The molecule has 28 heavy (non-hydrogen) atoms. The quantitative estimate of drug-likeness (QED) is 0.678. The Hall–Kier alpha value is -3.36. The van der Waals surface area contributed by atoms with Gasteiger partial charge in [0.2, 0.25) is 0 Å². The van der Waals surface area contributed by atoms with Crippen molar-refractivity contribution in [2.45, 2.75) is 12.5 Å². The Bertz CT molecular complexity index is 858. The molecule has 1 amide bonds. The van der Waals surface area contributed by atoms with Gasteiger partial charge in [-0.2, -0.15) is 0 Å². The largest absolute Gasteiger partial charge is 0.493 e. The van der Waals surface area contributed by atoms with Crippen molar-refractivity contribution in [3.8, 4) is 17.2 Å². The molecule has 0 fully saturated rings. The molecule has 0 spiro atoms. The summed E-state index contributed by atoms with van der Waals surface area (Å²) in [6, 6.07) is 6.52. The highest BCUT2D eigenvalue weighted by Gasteiger charge is 2.20. The van der Waals surface area contributed by atoms with Gasteiger partial charge < -0.3 is 24.6 Å². The molecular weight excluding hydrogens is 376 g/mol. The number of aliphatic carboxylic acids is 1. The number of ether oxygens (including phenoxy) is 3. The lowest BCUT2D eigenvalue weighted by molar-refractivity contribution is -0.137. The summed E-state index contributed by atoms with van der Waals surface area (Å²) in [5.41, 5.74) is 0.473. The Kier molecular flexibility index (Phi) is 7.14. The van der Waals surface area contributed by atoms with E-state index >= 15 is 0 Å². The lowest BCUT2D eigenvalue weighted by Gasteiger charge is -2.19. The van der Waals surface area contributed by atoms with Crippen LogP contribution in [0, 0.1) is 11.6 Å². The van der Waals surface area contributed by atoms with Crippen molar-refractivity contribution in [3.05, 3.63) is 53.6 Å². The van der Waals surface area contributed by atoms with Crippen LogP contribution >= 0.6 is 0 Å². The number of halogens is 2. The Morgan fingerprint density at radius 1 is 1.04 bits per heavy atom. The van der Waals surface area contributed by atoms with E-state index in [0.29, 0.717) is 23.1 Å². The fraction of sp³-hybridized carbons (Fsp3) is 0.263. The van der Waals surface area contributed by atoms with Crippen molar-refractivity contribution >= 4 is 11.9 Å². The van der Waals surface area contributed by atoms with Gasteiger partial charge in [0.15, 0.2) is 29.7 Å². The topological polar surface area (TPSA) is 94.1 Å². The van der Waals surface area contributed by atoms with Crippen LogP contribution in [0.1, 0.15) is 18.0 Å². The van der Waals surface area contributed by atoms with Gasteiger partial charge in [-0.1, -0.05) is 6.07 Å². The number of hydrogen-bond acceptors (Lipinski definition) is 5. The molecule has 2 aromatic carbocycles. The van der Waals surface area contributed by atoms with Crippen molar-refractivity contribution in [2.24, 2.45) is 0 Å². The van der Waals surface area contributed by atoms with E-state index in [1.54, 1.807) is 18.2 Å². The highest BCUT2D eigenvalue weighted by atomic mass is 19.1. The Morgan fingerprint density at radius 3 is 2.32 bits per heavy atom. The van der Waals surface area contributed by atoms with Gasteiger partial charge >= 0.3 is 5.97 Å². The lowest BCUT2D eigenvalue weighted by Crippen LogP contribution is -2.34. The van der Waals surface area contributed by atoms with Gasteiger partial charge in [-0.3, -0.25) is 9.59 Å². The second-order valence-corrected chi connectivity index (χ2v) is 5.70. The first-order valence-electron chi connectivity index (χ1n) is 8.15. The first-order valence-corrected chi connectivity index (χ1v) is 8.15. The van der Waals surface area contributed by atoms with Crippen LogP contribution in [0.3, 0.4) is 0 Å². The third-order valence-corrected chi connectivity index (χ3v) is 3.78. The predicted octanol–water partition coefficient (Wildman–Crippen LogP) is 2.69. The van der Waals surface area contributed by atoms with Gasteiger partial charge in [-0.05, 0) is 29.8 Å². The highest BCUT2D eigenvalue weighted by molar-refractivity contribution is 5.79. The number of amides is 1. The maximum absolute atomic E-state index is 13.6. The number of carboxylic acids is 1. The number of carbonyl (C=O) groups is 2. The van der Waals surface area contributed by atoms with Crippen molar-refractivity contribution in [3.63, 3.8) is 0 Å². The molecule has 0 saturated carbocycles. The molecule has 0 bridgehead atoms.